The summed E-state index contributed by atoms with van der Waals surface area (Å²) in [5.41, 5.74) is 9.28. The van der Waals surface area contributed by atoms with Crippen LogP contribution in [0, 0.1) is 0 Å². The Bertz CT molecular complexity index is 502. The van der Waals surface area contributed by atoms with Gasteiger partial charge in [-0.05, 0) is 31.0 Å². The van der Waals surface area contributed by atoms with Crippen LogP contribution in [-0.2, 0) is 6.42 Å². The Labute approximate surface area is 112 Å². The summed E-state index contributed by atoms with van der Waals surface area (Å²) in [5, 5.41) is 3.00. The lowest BCUT2D eigenvalue weighted by atomic mass is 10.1. The van der Waals surface area contributed by atoms with Gasteiger partial charge in [-0.2, -0.15) is 0 Å². The predicted octanol–water partition coefficient (Wildman–Crippen LogP) is 3.49. The van der Waals surface area contributed by atoms with Gasteiger partial charge in [0.15, 0.2) is 5.13 Å². The third-order valence-electron chi connectivity index (χ3n) is 3.00. The molecule has 0 bridgehead atoms. The number of nitrogens with two attached hydrogens (primary N) is 1. The van der Waals surface area contributed by atoms with Crippen molar-refractivity contribution in [1.29, 1.82) is 0 Å². The van der Waals surface area contributed by atoms with E-state index in [9.17, 15) is 0 Å². The van der Waals surface area contributed by atoms with E-state index in [-0.39, 0.29) is 6.04 Å². The molecule has 0 radical (unpaired) electrons. The van der Waals surface area contributed by atoms with Crippen molar-refractivity contribution in [1.82, 2.24) is 4.98 Å². The zero-order valence-electron chi connectivity index (χ0n) is 11.1. The Morgan fingerprint density at radius 3 is 2.50 bits per heavy atom. The number of aryl methyl sites for hydroxylation is 1. The SMILES string of the molecule is CCc1ccc(N(C)c2nc(C(C)N)cs2)cc1. The third-order valence-corrected chi connectivity index (χ3v) is 3.93. The number of benzene rings is 1. The van der Waals surface area contributed by atoms with Gasteiger partial charge in [-0.3, -0.25) is 0 Å². The average Bonchev–Trinajstić information content (AvgIpc) is 2.88. The van der Waals surface area contributed by atoms with Crippen LogP contribution in [0.25, 0.3) is 0 Å². The maximum atomic E-state index is 5.83. The zero-order valence-corrected chi connectivity index (χ0v) is 11.9. The molecule has 0 aliphatic heterocycles. The molecule has 1 aromatic carbocycles. The molecule has 96 valence electrons. The van der Waals surface area contributed by atoms with Crippen molar-refractivity contribution in [3.8, 4) is 0 Å². The lowest BCUT2D eigenvalue weighted by molar-refractivity contribution is 0.788. The molecule has 3 nitrogen and oxygen atoms in total. The second-order valence-electron chi connectivity index (χ2n) is 4.42. The van der Waals surface area contributed by atoms with E-state index in [1.165, 1.54) is 5.56 Å². The van der Waals surface area contributed by atoms with E-state index in [4.69, 9.17) is 5.73 Å². The predicted molar refractivity (Wildman–Crippen MR) is 78.6 cm³/mol. The smallest absolute Gasteiger partial charge is 0.189 e. The van der Waals surface area contributed by atoms with E-state index in [0.29, 0.717) is 0 Å². The van der Waals surface area contributed by atoms with Crippen molar-refractivity contribution in [3.63, 3.8) is 0 Å². The fourth-order valence-electron chi connectivity index (χ4n) is 1.71. The van der Waals surface area contributed by atoms with Crippen LogP contribution in [0.2, 0.25) is 0 Å². The number of hydrogen-bond acceptors (Lipinski definition) is 4. The van der Waals surface area contributed by atoms with Gasteiger partial charge in [0, 0.05) is 24.2 Å². The van der Waals surface area contributed by atoms with E-state index >= 15 is 0 Å². The van der Waals surface area contributed by atoms with Gasteiger partial charge in [-0.1, -0.05) is 19.1 Å². The first kappa shape index (κ1) is 13.1. The Morgan fingerprint density at radius 1 is 1.33 bits per heavy atom. The molecule has 0 aliphatic carbocycles. The number of anilines is 2. The van der Waals surface area contributed by atoms with Crippen molar-refractivity contribution in [2.24, 2.45) is 5.73 Å². The highest BCUT2D eigenvalue weighted by atomic mass is 32.1. The van der Waals surface area contributed by atoms with E-state index in [2.05, 4.69) is 41.1 Å². The maximum Gasteiger partial charge on any atom is 0.189 e. The van der Waals surface area contributed by atoms with Crippen LogP contribution in [0.1, 0.15) is 31.1 Å². The molecule has 1 atom stereocenters. The molecule has 0 spiro atoms. The first-order valence-electron chi connectivity index (χ1n) is 6.15. The first-order valence-corrected chi connectivity index (χ1v) is 7.03. The summed E-state index contributed by atoms with van der Waals surface area (Å²) in [4.78, 5) is 6.64. The molecule has 1 unspecified atom stereocenters. The Morgan fingerprint density at radius 2 is 2.00 bits per heavy atom. The molecule has 18 heavy (non-hydrogen) atoms. The van der Waals surface area contributed by atoms with E-state index in [1.54, 1.807) is 11.3 Å². The minimum absolute atomic E-state index is 0.00846. The lowest BCUT2D eigenvalue weighted by Crippen LogP contribution is -2.10. The summed E-state index contributed by atoms with van der Waals surface area (Å²) < 4.78 is 0. The Kier molecular flexibility index (Phi) is 3.99. The number of hydrogen-bond donors (Lipinski definition) is 1. The van der Waals surface area contributed by atoms with Crippen molar-refractivity contribution in [2.45, 2.75) is 26.3 Å². The molecule has 0 aliphatic rings. The molecule has 1 heterocycles. The molecule has 2 rings (SSSR count). The Hall–Kier alpha value is -1.39. The van der Waals surface area contributed by atoms with Crippen LogP contribution in [0.4, 0.5) is 10.8 Å². The van der Waals surface area contributed by atoms with E-state index in [0.717, 1.165) is 22.9 Å². The minimum Gasteiger partial charge on any atom is -0.323 e. The summed E-state index contributed by atoms with van der Waals surface area (Å²) in [6.07, 6.45) is 1.07. The molecule has 0 amide bonds. The summed E-state index contributed by atoms with van der Waals surface area (Å²) in [7, 11) is 2.03. The van der Waals surface area contributed by atoms with Crippen molar-refractivity contribution in [2.75, 3.05) is 11.9 Å². The summed E-state index contributed by atoms with van der Waals surface area (Å²) >= 11 is 1.63. The van der Waals surface area contributed by atoms with Crippen LogP contribution in [0.15, 0.2) is 29.6 Å². The second-order valence-corrected chi connectivity index (χ2v) is 5.26. The van der Waals surface area contributed by atoms with Gasteiger partial charge in [-0.25, -0.2) is 4.98 Å². The molecule has 2 aromatic rings. The molecule has 0 saturated heterocycles. The summed E-state index contributed by atoms with van der Waals surface area (Å²) in [6, 6.07) is 8.57. The molecule has 2 N–H and O–H groups in total. The highest BCUT2D eigenvalue weighted by Gasteiger charge is 2.10. The van der Waals surface area contributed by atoms with Gasteiger partial charge in [0.2, 0.25) is 0 Å². The standard InChI is InChI=1S/C14H19N3S/c1-4-11-5-7-12(8-6-11)17(3)14-16-13(9-18-14)10(2)15/h5-10H,4,15H2,1-3H3. The number of thiazole rings is 1. The molecule has 0 saturated carbocycles. The van der Waals surface area contributed by atoms with Gasteiger partial charge < -0.3 is 10.6 Å². The van der Waals surface area contributed by atoms with Gasteiger partial charge in [0.05, 0.1) is 5.69 Å². The number of aromatic nitrogens is 1. The molecule has 4 heteroatoms. The molecular weight excluding hydrogens is 242 g/mol. The third kappa shape index (κ3) is 2.71. The first-order chi connectivity index (χ1) is 8.61. The average molecular weight is 261 g/mol. The highest BCUT2D eigenvalue weighted by Crippen LogP contribution is 2.28. The van der Waals surface area contributed by atoms with Crippen LogP contribution in [0.5, 0.6) is 0 Å². The maximum absolute atomic E-state index is 5.83. The highest BCUT2D eigenvalue weighted by molar-refractivity contribution is 7.13. The van der Waals surface area contributed by atoms with E-state index in [1.807, 2.05) is 19.4 Å². The van der Waals surface area contributed by atoms with E-state index < -0.39 is 0 Å². The molecule has 0 fully saturated rings. The van der Waals surface area contributed by atoms with Crippen LogP contribution in [0.3, 0.4) is 0 Å². The van der Waals surface area contributed by atoms with Gasteiger partial charge in [0.1, 0.15) is 0 Å². The van der Waals surface area contributed by atoms with Crippen LogP contribution >= 0.6 is 11.3 Å². The largest absolute Gasteiger partial charge is 0.323 e. The number of nitrogens with zero attached hydrogens (tertiary/aromatic N) is 2. The van der Waals surface area contributed by atoms with Crippen molar-refractivity contribution >= 4 is 22.2 Å². The van der Waals surface area contributed by atoms with Crippen LogP contribution in [-0.4, -0.2) is 12.0 Å². The van der Waals surface area contributed by atoms with Gasteiger partial charge in [-0.15, -0.1) is 11.3 Å². The van der Waals surface area contributed by atoms with Gasteiger partial charge >= 0.3 is 0 Å². The summed E-state index contributed by atoms with van der Waals surface area (Å²) in [5.74, 6) is 0. The monoisotopic (exact) mass is 261 g/mol. The zero-order chi connectivity index (χ0) is 13.1. The fourth-order valence-corrected chi connectivity index (χ4v) is 2.62. The van der Waals surface area contributed by atoms with Crippen LogP contribution < -0.4 is 10.6 Å². The lowest BCUT2D eigenvalue weighted by Gasteiger charge is -2.16. The van der Waals surface area contributed by atoms with Gasteiger partial charge in [0.25, 0.3) is 0 Å². The topological polar surface area (TPSA) is 42.2 Å². The Balaban J connectivity index is 2.20. The van der Waals surface area contributed by atoms with Crippen molar-refractivity contribution in [3.05, 3.63) is 40.9 Å². The summed E-state index contributed by atoms with van der Waals surface area (Å²) in [6.45, 7) is 4.11. The second kappa shape index (κ2) is 5.50. The molecule has 1 aromatic heterocycles. The minimum atomic E-state index is -0.00846. The quantitative estimate of drug-likeness (QED) is 0.916. The normalized spacial score (nSPS) is 12.4. The van der Waals surface area contributed by atoms with Crippen molar-refractivity contribution < 1.29 is 0 Å². The fraction of sp³-hybridized carbons (Fsp3) is 0.357. The molecular formula is C14H19N3S. The number of rotatable bonds is 4.